The van der Waals surface area contributed by atoms with Crippen molar-refractivity contribution in [1.29, 1.82) is 0 Å². The highest BCUT2D eigenvalue weighted by Gasteiger charge is 2.45. The Morgan fingerprint density at radius 3 is 2.91 bits per heavy atom. The van der Waals surface area contributed by atoms with Crippen molar-refractivity contribution >= 4 is 5.91 Å². The molecule has 2 saturated heterocycles. The number of carbonyl (C=O) groups excluding carboxylic acids is 1. The normalized spacial score (nSPS) is 26.2. The second-order valence-corrected chi connectivity index (χ2v) is 6.79. The van der Waals surface area contributed by atoms with Crippen LogP contribution in [0.1, 0.15) is 44.6 Å². The summed E-state index contributed by atoms with van der Waals surface area (Å²) in [5.74, 6) is 0.139. The van der Waals surface area contributed by atoms with Crippen LogP contribution in [0, 0.1) is 0 Å². The number of likely N-dealkylation sites (tertiary alicyclic amines) is 2. The van der Waals surface area contributed by atoms with Crippen molar-refractivity contribution in [3.8, 4) is 0 Å². The molecule has 0 aromatic carbocycles. The summed E-state index contributed by atoms with van der Waals surface area (Å²) in [6.07, 6.45) is 8.56. The number of halogens is 1. The molecule has 3 heterocycles. The molecule has 0 unspecified atom stereocenters. The Labute approximate surface area is 137 Å². The standard InChI is InChI=1S/C17H27FN4O/c1-2-21-14-15(12-19-21)13-20-9-3-5-17(7-10-20)6-4-16(23)22(17)11-8-18/h12,14H,2-11,13H2,1H3/t17-/m1/s1. The Morgan fingerprint density at radius 2 is 2.17 bits per heavy atom. The van der Waals surface area contributed by atoms with E-state index in [0.717, 1.165) is 51.9 Å². The third-order valence-electron chi connectivity index (χ3n) is 5.41. The Bertz CT molecular complexity index is 546. The maximum absolute atomic E-state index is 12.8. The number of carbonyl (C=O) groups is 1. The zero-order valence-electron chi connectivity index (χ0n) is 14.0. The third kappa shape index (κ3) is 3.42. The number of hydrogen-bond acceptors (Lipinski definition) is 3. The van der Waals surface area contributed by atoms with Crippen molar-refractivity contribution in [3.63, 3.8) is 0 Å². The summed E-state index contributed by atoms with van der Waals surface area (Å²) in [4.78, 5) is 16.4. The first-order valence-electron chi connectivity index (χ1n) is 8.77. The molecule has 5 nitrogen and oxygen atoms in total. The van der Waals surface area contributed by atoms with E-state index >= 15 is 0 Å². The van der Waals surface area contributed by atoms with Crippen LogP contribution in [0.5, 0.6) is 0 Å². The molecule has 1 atom stereocenters. The van der Waals surface area contributed by atoms with E-state index in [4.69, 9.17) is 0 Å². The Hall–Kier alpha value is -1.43. The second-order valence-electron chi connectivity index (χ2n) is 6.79. The van der Waals surface area contributed by atoms with Crippen molar-refractivity contribution in [1.82, 2.24) is 19.6 Å². The highest BCUT2D eigenvalue weighted by molar-refractivity contribution is 5.79. The van der Waals surface area contributed by atoms with Gasteiger partial charge in [-0.25, -0.2) is 4.39 Å². The minimum atomic E-state index is -0.437. The minimum absolute atomic E-state index is 0.0917. The first kappa shape index (κ1) is 16.4. The Morgan fingerprint density at radius 1 is 1.30 bits per heavy atom. The number of amides is 1. The number of aromatic nitrogens is 2. The summed E-state index contributed by atoms with van der Waals surface area (Å²) in [6, 6.07) is 0. The molecule has 128 valence electrons. The zero-order valence-corrected chi connectivity index (χ0v) is 14.0. The maximum Gasteiger partial charge on any atom is 0.223 e. The number of hydrogen-bond donors (Lipinski definition) is 0. The molecule has 6 heteroatoms. The van der Waals surface area contributed by atoms with Gasteiger partial charge in [0.25, 0.3) is 0 Å². The molecule has 23 heavy (non-hydrogen) atoms. The van der Waals surface area contributed by atoms with Crippen molar-refractivity contribution in [3.05, 3.63) is 18.0 Å². The lowest BCUT2D eigenvalue weighted by Gasteiger charge is -2.37. The van der Waals surface area contributed by atoms with Gasteiger partial charge in [-0.2, -0.15) is 5.10 Å². The van der Waals surface area contributed by atoms with Gasteiger partial charge in [-0.1, -0.05) is 0 Å². The highest BCUT2D eigenvalue weighted by atomic mass is 19.1. The minimum Gasteiger partial charge on any atom is -0.334 e. The molecule has 0 N–H and O–H groups in total. The van der Waals surface area contributed by atoms with Gasteiger partial charge >= 0.3 is 0 Å². The SMILES string of the molecule is CCn1cc(CN2CCC[C@@]3(CCC(=O)N3CCF)CC2)cn1. The third-order valence-corrected chi connectivity index (χ3v) is 5.41. The van der Waals surface area contributed by atoms with Crippen LogP contribution in [-0.4, -0.2) is 57.3 Å². The molecule has 2 fully saturated rings. The number of nitrogens with zero attached hydrogens (tertiary/aromatic N) is 4. The van der Waals surface area contributed by atoms with E-state index in [0.29, 0.717) is 6.42 Å². The average molecular weight is 322 g/mol. The van der Waals surface area contributed by atoms with Gasteiger partial charge in [0, 0.05) is 49.9 Å². The highest BCUT2D eigenvalue weighted by Crippen LogP contribution is 2.39. The average Bonchev–Trinajstić information content (AvgIpc) is 3.05. The van der Waals surface area contributed by atoms with Gasteiger partial charge in [0.15, 0.2) is 0 Å². The molecule has 0 saturated carbocycles. The van der Waals surface area contributed by atoms with E-state index in [9.17, 15) is 9.18 Å². The molecule has 0 bridgehead atoms. The summed E-state index contributed by atoms with van der Waals surface area (Å²) >= 11 is 0. The van der Waals surface area contributed by atoms with Crippen molar-refractivity contribution in [2.24, 2.45) is 0 Å². The maximum atomic E-state index is 12.8. The lowest BCUT2D eigenvalue weighted by Crippen LogP contribution is -2.47. The van der Waals surface area contributed by atoms with Gasteiger partial charge in [-0.3, -0.25) is 14.4 Å². The van der Waals surface area contributed by atoms with E-state index in [1.807, 2.05) is 15.8 Å². The van der Waals surface area contributed by atoms with E-state index in [-0.39, 0.29) is 18.0 Å². The fraction of sp³-hybridized carbons (Fsp3) is 0.765. The van der Waals surface area contributed by atoms with Crippen LogP contribution in [0.15, 0.2) is 12.4 Å². The summed E-state index contributed by atoms with van der Waals surface area (Å²) < 4.78 is 14.8. The predicted octanol–water partition coefficient (Wildman–Crippen LogP) is 2.22. The number of alkyl halides is 1. The smallest absolute Gasteiger partial charge is 0.223 e. The summed E-state index contributed by atoms with van der Waals surface area (Å²) in [6.45, 7) is 5.72. The first-order chi connectivity index (χ1) is 11.2. The molecular weight excluding hydrogens is 295 g/mol. The molecule has 1 spiro atoms. The zero-order chi connectivity index (χ0) is 16.3. The largest absolute Gasteiger partial charge is 0.334 e. The lowest BCUT2D eigenvalue weighted by molar-refractivity contribution is -0.131. The predicted molar refractivity (Wildman–Crippen MR) is 86.7 cm³/mol. The molecule has 0 aliphatic carbocycles. The van der Waals surface area contributed by atoms with Crippen LogP contribution in [0.3, 0.4) is 0 Å². The van der Waals surface area contributed by atoms with Gasteiger partial charge in [0.2, 0.25) is 5.91 Å². The lowest BCUT2D eigenvalue weighted by atomic mass is 9.88. The number of rotatable bonds is 5. The van der Waals surface area contributed by atoms with E-state index in [1.54, 1.807) is 0 Å². The molecule has 2 aliphatic rings. The molecule has 1 amide bonds. The van der Waals surface area contributed by atoms with E-state index < -0.39 is 6.67 Å². The van der Waals surface area contributed by atoms with Crippen LogP contribution in [-0.2, 0) is 17.9 Å². The Balaban J connectivity index is 1.63. The van der Waals surface area contributed by atoms with E-state index in [2.05, 4.69) is 23.1 Å². The fourth-order valence-corrected chi connectivity index (χ4v) is 4.15. The van der Waals surface area contributed by atoms with Gasteiger partial charge < -0.3 is 4.90 Å². The van der Waals surface area contributed by atoms with E-state index in [1.165, 1.54) is 5.56 Å². The fourth-order valence-electron chi connectivity index (χ4n) is 4.15. The molecule has 1 aromatic heterocycles. The Kier molecular flexibility index (Phi) is 4.99. The molecule has 0 radical (unpaired) electrons. The van der Waals surface area contributed by atoms with Crippen LogP contribution in [0.2, 0.25) is 0 Å². The van der Waals surface area contributed by atoms with Crippen LogP contribution >= 0.6 is 0 Å². The van der Waals surface area contributed by atoms with Crippen LogP contribution in [0.25, 0.3) is 0 Å². The van der Waals surface area contributed by atoms with Gasteiger partial charge in [0.1, 0.15) is 6.67 Å². The van der Waals surface area contributed by atoms with Gasteiger partial charge in [-0.05, 0) is 39.2 Å². The number of aryl methyl sites for hydroxylation is 1. The van der Waals surface area contributed by atoms with Crippen molar-refractivity contribution in [2.75, 3.05) is 26.3 Å². The second kappa shape index (κ2) is 6.99. The molecule has 1 aromatic rings. The topological polar surface area (TPSA) is 41.4 Å². The van der Waals surface area contributed by atoms with Gasteiger partial charge in [-0.15, -0.1) is 0 Å². The van der Waals surface area contributed by atoms with Gasteiger partial charge in [0.05, 0.1) is 6.20 Å². The summed E-state index contributed by atoms with van der Waals surface area (Å²) in [5.41, 5.74) is 1.15. The quantitative estimate of drug-likeness (QED) is 0.835. The molecular formula is C17H27FN4O. The monoisotopic (exact) mass is 322 g/mol. The van der Waals surface area contributed by atoms with Crippen LogP contribution < -0.4 is 0 Å². The summed E-state index contributed by atoms with van der Waals surface area (Å²) in [7, 11) is 0. The van der Waals surface area contributed by atoms with Crippen LogP contribution in [0.4, 0.5) is 4.39 Å². The molecule has 3 rings (SSSR count). The van der Waals surface area contributed by atoms with Crippen molar-refractivity contribution < 1.29 is 9.18 Å². The van der Waals surface area contributed by atoms with Crippen molar-refractivity contribution in [2.45, 2.75) is 57.7 Å². The summed E-state index contributed by atoms with van der Waals surface area (Å²) in [5, 5.41) is 4.34. The first-order valence-corrected chi connectivity index (χ1v) is 8.77. The molecule has 2 aliphatic heterocycles.